The Balaban J connectivity index is 1.50. The van der Waals surface area contributed by atoms with Crippen molar-refractivity contribution in [3.8, 4) is 5.75 Å². The Morgan fingerprint density at radius 3 is 2.23 bits per heavy atom. The van der Waals surface area contributed by atoms with E-state index in [0.717, 1.165) is 5.56 Å². The van der Waals surface area contributed by atoms with Crippen LogP contribution in [0.4, 0.5) is 4.39 Å². The van der Waals surface area contributed by atoms with Crippen molar-refractivity contribution in [1.82, 2.24) is 9.80 Å². The lowest BCUT2D eigenvalue weighted by Crippen LogP contribution is -2.53. The molecule has 2 aromatic rings. The zero-order valence-corrected chi connectivity index (χ0v) is 17.8. The van der Waals surface area contributed by atoms with Crippen molar-refractivity contribution in [2.24, 2.45) is 0 Å². The van der Waals surface area contributed by atoms with Crippen LogP contribution in [-0.4, -0.2) is 53.9 Å². The molecule has 1 saturated heterocycles. The highest BCUT2D eigenvalue weighted by atomic mass is 19.1. The van der Waals surface area contributed by atoms with Gasteiger partial charge in [-0.3, -0.25) is 9.59 Å². The second-order valence-corrected chi connectivity index (χ2v) is 8.00. The van der Waals surface area contributed by atoms with Crippen molar-refractivity contribution in [3.63, 3.8) is 0 Å². The van der Waals surface area contributed by atoms with Crippen LogP contribution in [0.3, 0.4) is 0 Å². The SMILES string of the molecule is CC(Oc1cccc(C(C)C)c1)C(=O)N1CCN(C(=O)Cc2ccc(F)cc2)CC1. The topological polar surface area (TPSA) is 49.9 Å². The summed E-state index contributed by atoms with van der Waals surface area (Å²) in [7, 11) is 0. The van der Waals surface area contributed by atoms with Crippen molar-refractivity contribution < 1.29 is 18.7 Å². The first-order valence-electron chi connectivity index (χ1n) is 10.4. The maximum Gasteiger partial charge on any atom is 0.263 e. The van der Waals surface area contributed by atoms with E-state index in [1.54, 1.807) is 28.9 Å². The van der Waals surface area contributed by atoms with Gasteiger partial charge in [-0.15, -0.1) is 0 Å². The molecule has 0 aliphatic carbocycles. The molecule has 1 atom stereocenters. The van der Waals surface area contributed by atoms with Crippen molar-refractivity contribution in [3.05, 3.63) is 65.5 Å². The Morgan fingerprint density at radius 2 is 1.60 bits per heavy atom. The summed E-state index contributed by atoms with van der Waals surface area (Å²) in [6, 6.07) is 13.8. The molecule has 6 heteroatoms. The van der Waals surface area contributed by atoms with Gasteiger partial charge in [0, 0.05) is 26.2 Å². The second-order valence-electron chi connectivity index (χ2n) is 8.00. The molecule has 1 aliphatic rings. The fourth-order valence-corrected chi connectivity index (χ4v) is 3.52. The van der Waals surface area contributed by atoms with Crippen LogP contribution in [-0.2, 0) is 16.0 Å². The molecule has 1 unspecified atom stereocenters. The monoisotopic (exact) mass is 412 g/mol. The summed E-state index contributed by atoms with van der Waals surface area (Å²) in [4.78, 5) is 28.8. The highest BCUT2D eigenvalue weighted by Crippen LogP contribution is 2.21. The number of benzene rings is 2. The Labute approximate surface area is 177 Å². The van der Waals surface area contributed by atoms with Crippen molar-refractivity contribution in [2.45, 2.75) is 39.2 Å². The first kappa shape index (κ1) is 21.8. The molecule has 30 heavy (non-hydrogen) atoms. The first-order chi connectivity index (χ1) is 14.3. The van der Waals surface area contributed by atoms with Crippen LogP contribution in [0.1, 0.15) is 37.8 Å². The first-order valence-corrected chi connectivity index (χ1v) is 10.4. The molecular formula is C24H29FN2O3. The maximum atomic E-state index is 13.0. The van der Waals surface area contributed by atoms with Gasteiger partial charge in [0.2, 0.25) is 5.91 Å². The standard InChI is InChI=1S/C24H29FN2O3/c1-17(2)20-5-4-6-22(16-20)30-18(3)24(29)27-13-11-26(12-14-27)23(28)15-19-7-9-21(25)10-8-19/h4-10,16-18H,11-15H2,1-3H3. The van der Waals surface area contributed by atoms with E-state index in [-0.39, 0.29) is 24.1 Å². The van der Waals surface area contributed by atoms with Gasteiger partial charge in [0.05, 0.1) is 6.42 Å². The second kappa shape index (κ2) is 9.74. The molecule has 3 rings (SSSR count). The molecule has 1 heterocycles. The van der Waals surface area contributed by atoms with E-state index in [0.29, 0.717) is 37.8 Å². The Bertz CT molecular complexity index is 874. The average Bonchev–Trinajstić information content (AvgIpc) is 2.75. The lowest BCUT2D eigenvalue weighted by atomic mass is 10.0. The van der Waals surface area contributed by atoms with Crippen LogP contribution < -0.4 is 4.74 Å². The number of piperazine rings is 1. The largest absolute Gasteiger partial charge is 0.481 e. The Kier molecular flexibility index (Phi) is 7.08. The summed E-state index contributed by atoms with van der Waals surface area (Å²) in [6.45, 7) is 7.93. The normalized spacial score (nSPS) is 15.2. The van der Waals surface area contributed by atoms with Crippen molar-refractivity contribution >= 4 is 11.8 Å². The fraction of sp³-hybridized carbons (Fsp3) is 0.417. The maximum absolute atomic E-state index is 13.0. The summed E-state index contributed by atoms with van der Waals surface area (Å²) < 4.78 is 18.9. The number of halogens is 1. The molecule has 0 spiro atoms. The molecule has 5 nitrogen and oxygen atoms in total. The summed E-state index contributed by atoms with van der Waals surface area (Å²) in [6.07, 6.45) is -0.353. The van der Waals surface area contributed by atoms with E-state index < -0.39 is 6.10 Å². The van der Waals surface area contributed by atoms with Crippen LogP contribution in [0.25, 0.3) is 0 Å². The number of rotatable bonds is 6. The number of carbonyl (C=O) groups excluding carboxylic acids is 2. The number of hydrogen-bond acceptors (Lipinski definition) is 3. The summed E-state index contributed by atoms with van der Waals surface area (Å²) in [5.41, 5.74) is 1.95. The number of hydrogen-bond donors (Lipinski definition) is 0. The highest BCUT2D eigenvalue weighted by molar-refractivity contribution is 5.82. The molecule has 160 valence electrons. The molecular weight excluding hydrogens is 383 g/mol. The Morgan fingerprint density at radius 1 is 0.967 bits per heavy atom. The van der Waals surface area contributed by atoms with E-state index >= 15 is 0 Å². The smallest absolute Gasteiger partial charge is 0.263 e. The van der Waals surface area contributed by atoms with Crippen LogP contribution in [0.2, 0.25) is 0 Å². The van der Waals surface area contributed by atoms with Gasteiger partial charge in [0.15, 0.2) is 6.10 Å². The third-order valence-corrected chi connectivity index (χ3v) is 5.40. The van der Waals surface area contributed by atoms with Gasteiger partial charge in [-0.2, -0.15) is 0 Å². The molecule has 0 saturated carbocycles. The average molecular weight is 413 g/mol. The fourth-order valence-electron chi connectivity index (χ4n) is 3.52. The van der Waals surface area contributed by atoms with Crippen LogP contribution in [0, 0.1) is 5.82 Å². The predicted molar refractivity (Wildman–Crippen MR) is 114 cm³/mol. The van der Waals surface area contributed by atoms with Gasteiger partial charge in [-0.05, 0) is 48.2 Å². The summed E-state index contributed by atoms with van der Waals surface area (Å²) in [5.74, 6) is 0.680. The Hall–Kier alpha value is -2.89. The molecule has 0 N–H and O–H groups in total. The molecule has 2 aromatic carbocycles. The van der Waals surface area contributed by atoms with Crippen molar-refractivity contribution in [2.75, 3.05) is 26.2 Å². The zero-order chi connectivity index (χ0) is 21.7. The van der Waals surface area contributed by atoms with E-state index in [9.17, 15) is 14.0 Å². The lowest BCUT2D eigenvalue weighted by molar-refractivity contribution is -0.143. The third-order valence-electron chi connectivity index (χ3n) is 5.40. The van der Waals surface area contributed by atoms with E-state index in [1.165, 1.54) is 17.7 Å². The molecule has 1 fully saturated rings. The number of nitrogens with zero attached hydrogens (tertiary/aromatic N) is 2. The van der Waals surface area contributed by atoms with Gasteiger partial charge in [0.1, 0.15) is 11.6 Å². The summed E-state index contributed by atoms with van der Waals surface area (Å²) in [5, 5.41) is 0. The van der Waals surface area contributed by atoms with Crippen LogP contribution in [0.5, 0.6) is 5.75 Å². The zero-order valence-electron chi connectivity index (χ0n) is 17.8. The molecule has 0 aromatic heterocycles. The molecule has 2 amide bonds. The van der Waals surface area contributed by atoms with Gasteiger partial charge in [-0.25, -0.2) is 4.39 Å². The van der Waals surface area contributed by atoms with Crippen molar-refractivity contribution in [1.29, 1.82) is 0 Å². The molecule has 1 aliphatic heterocycles. The van der Waals surface area contributed by atoms with E-state index in [2.05, 4.69) is 13.8 Å². The minimum absolute atomic E-state index is 0.0106. The minimum atomic E-state index is -0.589. The van der Waals surface area contributed by atoms with Gasteiger partial charge >= 0.3 is 0 Å². The highest BCUT2D eigenvalue weighted by Gasteiger charge is 2.28. The van der Waals surface area contributed by atoms with E-state index in [1.807, 2.05) is 24.3 Å². The van der Waals surface area contributed by atoms with Crippen LogP contribution >= 0.6 is 0 Å². The number of amides is 2. The molecule has 0 bridgehead atoms. The van der Waals surface area contributed by atoms with Gasteiger partial charge in [-0.1, -0.05) is 38.1 Å². The quantitative estimate of drug-likeness (QED) is 0.728. The minimum Gasteiger partial charge on any atom is -0.481 e. The number of carbonyl (C=O) groups is 2. The predicted octanol–water partition coefficient (Wildman–Crippen LogP) is 3.63. The molecule has 0 radical (unpaired) electrons. The van der Waals surface area contributed by atoms with E-state index in [4.69, 9.17) is 4.74 Å². The lowest BCUT2D eigenvalue weighted by Gasteiger charge is -2.36. The third kappa shape index (κ3) is 5.59. The summed E-state index contributed by atoms with van der Waals surface area (Å²) >= 11 is 0. The van der Waals surface area contributed by atoms with Gasteiger partial charge < -0.3 is 14.5 Å². The van der Waals surface area contributed by atoms with Crippen LogP contribution in [0.15, 0.2) is 48.5 Å². The van der Waals surface area contributed by atoms with Gasteiger partial charge in [0.25, 0.3) is 5.91 Å². The number of ether oxygens (including phenoxy) is 1.